The minimum atomic E-state index is -0.573. The molecule has 0 N–H and O–H groups in total. The molecule has 0 saturated heterocycles. The monoisotopic (exact) mass is 90.0 g/mol. The molecule has 1 atom stereocenters. The van der Waals surface area contributed by atoms with Gasteiger partial charge in [0.25, 0.3) is 0 Å². The molecule has 0 aromatic carbocycles. The van der Waals surface area contributed by atoms with E-state index in [0.717, 1.165) is 5.75 Å². The summed E-state index contributed by atoms with van der Waals surface area (Å²) in [5, 5.41) is 0. The van der Waals surface area contributed by atoms with Gasteiger partial charge in [0, 0.05) is 0 Å². The summed E-state index contributed by atoms with van der Waals surface area (Å²) in [6.07, 6.45) is 0. The first-order chi connectivity index (χ1) is 2.27. The minimum absolute atomic E-state index is 0.573. The highest BCUT2D eigenvalue weighted by Gasteiger charge is 1.81. The first kappa shape index (κ1) is 5.37. The first-order valence-corrected chi connectivity index (χ1v) is 3.30. The summed E-state index contributed by atoms with van der Waals surface area (Å²) in [6, 6.07) is 0. The predicted octanol–water partition coefficient (Wildman–Crippen LogP) is -0.697. The molecule has 0 rings (SSSR count). The van der Waals surface area contributed by atoms with E-state index in [1.54, 1.807) is 7.12 Å². The molecular weight excluding hydrogens is 82.9 g/mol. The molecule has 0 bridgehead atoms. The van der Waals surface area contributed by atoms with Crippen molar-refractivity contribution in [3.63, 3.8) is 0 Å². The summed E-state index contributed by atoms with van der Waals surface area (Å²) in [7, 11) is 1.69. The van der Waals surface area contributed by atoms with Crippen molar-refractivity contribution in [1.82, 2.24) is 0 Å². The van der Waals surface area contributed by atoms with Gasteiger partial charge in [0.1, 0.15) is 0 Å². The molecule has 0 saturated carbocycles. The second-order valence-corrected chi connectivity index (χ2v) is 2.59. The average molecular weight is 90.0 g/mol. The molecule has 1 nitrogen and oxygen atoms in total. The predicted molar refractivity (Wildman–Crippen MR) is 27.2 cm³/mol. The Balaban J connectivity index is 2.54. The van der Waals surface area contributed by atoms with E-state index in [9.17, 15) is 4.55 Å². The van der Waals surface area contributed by atoms with Gasteiger partial charge in [0.05, 0.1) is 5.75 Å². The first-order valence-electron chi connectivity index (χ1n) is 1.57. The Bertz CT molecular complexity index is 23.6. The standard InChI is InChI=1S/C2H7BOS/c1-2-5(3)4/h2-3H2,1H3. The number of hydrogen-bond acceptors (Lipinski definition) is 1. The van der Waals surface area contributed by atoms with Crippen molar-refractivity contribution < 1.29 is 4.55 Å². The molecule has 0 aromatic heterocycles. The lowest BCUT2D eigenvalue weighted by Crippen LogP contribution is -1.99. The van der Waals surface area contributed by atoms with E-state index in [-0.39, 0.29) is 0 Å². The van der Waals surface area contributed by atoms with Crippen molar-refractivity contribution in [2.45, 2.75) is 6.92 Å². The fourth-order valence-electron chi connectivity index (χ4n) is 0. The molecule has 0 radical (unpaired) electrons. The quantitative estimate of drug-likeness (QED) is 0.308. The van der Waals surface area contributed by atoms with Crippen molar-refractivity contribution in [2.24, 2.45) is 0 Å². The van der Waals surface area contributed by atoms with Gasteiger partial charge in [-0.3, -0.25) is 0 Å². The van der Waals surface area contributed by atoms with Crippen LogP contribution < -0.4 is 0 Å². The lowest BCUT2D eigenvalue weighted by Gasteiger charge is -1.97. The largest absolute Gasteiger partial charge is 0.635 e. The van der Waals surface area contributed by atoms with E-state index >= 15 is 0 Å². The van der Waals surface area contributed by atoms with Crippen molar-refractivity contribution in [2.75, 3.05) is 5.75 Å². The van der Waals surface area contributed by atoms with Gasteiger partial charge < -0.3 is 4.55 Å². The minimum Gasteiger partial charge on any atom is -0.635 e. The SMILES string of the molecule is B[S+]([O-])CC. The van der Waals surface area contributed by atoms with Crippen LogP contribution in [0.2, 0.25) is 0 Å². The molecule has 30 valence electrons. The Labute approximate surface area is 36.2 Å². The third-order valence-corrected chi connectivity index (χ3v) is 1.22. The normalized spacial score (nSPS) is 14.8. The summed E-state index contributed by atoms with van der Waals surface area (Å²) in [4.78, 5) is 0. The lowest BCUT2D eigenvalue weighted by atomic mass is 10.8. The third kappa shape index (κ3) is 4.37. The summed E-state index contributed by atoms with van der Waals surface area (Å²) in [5.74, 6) is 0.778. The van der Waals surface area contributed by atoms with Gasteiger partial charge in [-0.2, -0.15) is 0 Å². The zero-order valence-electron chi connectivity index (χ0n) is 3.52. The van der Waals surface area contributed by atoms with Crippen molar-refractivity contribution in [3.8, 4) is 0 Å². The summed E-state index contributed by atoms with van der Waals surface area (Å²) in [5.41, 5.74) is 0. The second kappa shape index (κ2) is 2.60. The van der Waals surface area contributed by atoms with Gasteiger partial charge in [-0.25, -0.2) is 0 Å². The Morgan fingerprint density at radius 1 is 2.00 bits per heavy atom. The Kier molecular flexibility index (Phi) is 2.80. The zero-order valence-corrected chi connectivity index (χ0v) is 4.34. The van der Waals surface area contributed by atoms with Crippen LogP contribution in [0.5, 0.6) is 0 Å². The topological polar surface area (TPSA) is 23.1 Å². The summed E-state index contributed by atoms with van der Waals surface area (Å²) < 4.78 is 9.92. The fraction of sp³-hybridized carbons (Fsp3) is 1.00. The molecule has 0 aliphatic carbocycles. The van der Waals surface area contributed by atoms with Gasteiger partial charge in [0.2, 0.25) is 0 Å². The van der Waals surface area contributed by atoms with Crippen LogP contribution in [0.3, 0.4) is 0 Å². The van der Waals surface area contributed by atoms with E-state index < -0.39 is 11.0 Å². The van der Waals surface area contributed by atoms with Gasteiger partial charge in [-0.05, 0) is 6.92 Å². The Morgan fingerprint density at radius 3 is 2.20 bits per heavy atom. The van der Waals surface area contributed by atoms with Crippen LogP contribution in [0.4, 0.5) is 0 Å². The second-order valence-electron chi connectivity index (χ2n) is 0.862. The van der Waals surface area contributed by atoms with Crippen LogP contribution in [0.1, 0.15) is 6.92 Å². The third-order valence-electron chi connectivity index (χ3n) is 0.407. The molecule has 3 heteroatoms. The van der Waals surface area contributed by atoms with Crippen LogP contribution in [0.15, 0.2) is 0 Å². The van der Waals surface area contributed by atoms with E-state index in [0.29, 0.717) is 0 Å². The van der Waals surface area contributed by atoms with Gasteiger partial charge in [-0.15, -0.1) is 11.0 Å². The lowest BCUT2D eigenvalue weighted by molar-refractivity contribution is 0.609. The highest BCUT2D eigenvalue weighted by atomic mass is 32.2. The van der Waals surface area contributed by atoms with Gasteiger partial charge >= 0.3 is 7.12 Å². The van der Waals surface area contributed by atoms with Crippen LogP contribution >= 0.6 is 0 Å². The maximum absolute atomic E-state index is 9.92. The van der Waals surface area contributed by atoms with E-state index in [2.05, 4.69) is 0 Å². The van der Waals surface area contributed by atoms with Gasteiger partial charge in [0.15, 0.2) is 0 Å². The summed E-state index contributed by atoms with van der Waals surface area (Å²) >= 11 is -0.573. The van der Waals surface area contributed by atoms with E-state index in [1.165, 1.54) is 0 Å². The molecule has 0 aliphatic heterocycles. The maximum atomic E-state index is 9.92. The molecular formula is C2H7BOS. The van der Waals surface area contributed by atoms with E-state index in [1.807, 2.05) is 6.92 Å². The van der Waals surface area contributed by atoms with Crippen molar-refractivity contribution >= 4 is 18.2 Å². The molecule has 0 amide bonds. The van der Waals surface area contributed by atoms with E-state index in [4.69, 9.17) is 0 Å². The Morgan fingerprint density at radius 2 is 2.20 bits per heavy atom. The van der Waals surface area contributed by atoms with Crippen molar-refractivity contribution in [1.29, 1.82) is 0 Å². The van der Waals surface area contributed by atoms with Crippen molar-refractivity contribution in [3.05, 3.63) is 0 Å². The molecule has 5 heavy (non-hydrogen) atoms. The zero-order chi connectivity index (χ0) is 4.28. The van der Waals surface area contributed by atoms with Crippen LogP contribution in [-0.4, -0.2) is 17.4 Å². The van der Waals surface area contributed by atoms with Crippen LogP contribution in [-0.2, 0) is 11.0 Å². The van der Waals surface area contributed by atoms with Crippen LogP contribution in [0.25, 0.3) is 0 Å². The van der Waals surface area contributed by atoms with Crippen LogP contribution in [0, 0.1) is 0 Å². The summed E-state index contributed by atoms with van der Waals surface area (Å²) in [6.45, 7) is 1.90. The molecule has 1 unspecified atom stereocenters. The number of rotatable bonds is 1. The smallest absolute Gasteiger partial charge is 0.376 e. The molecule has 0 fully saturated rings. The Hall–Kier alpha value is 0.375. The molecule has 0 aliphatic rings. The molecule has 0 aromatic rings. The average Bonchev–Trinajstić information content (AvgIpc) is 1.38. The fourth-order valence-corrected chi connectivity index (χ4v) is 0. The highest BCUT2D eigenvalue weighted by Crippen LogP contribution is 1.73. The van der Waals surface area contributed by atoms with Gasteiger partial charge in [-0.1, -0.05) is 0 Å². The highest BCUT2D eigenvalue weighted by molar-refractivity contribution is 8.12. The molecule has 0 heterocycles. The maximum Gasteiger partial charge on any atom is 0.376 e. The number of hydrogen-bond donors (Lipinski definition) is 0. The molecule has 0 spiro atoms.